The Hall–Kier alpha value is -2.37. The van der Waals surface area contributed by atoms with Crippen molar-refractivity contribution >= 4 is 18.2 Å². The number of nitrogens with one attached hydrogen (secondary N) is 1. The molecule has 1 saturated carbocycles. The first-order valence-electron chi connectivity index (χ1n) is 13.5. The van der Waals surface area contributed by atoms with Crippen LogP contribution in [0.3, 0.4) is 0 Å². The third-order valence-electron chi connectivity index (χ3n) is 7.84. The van der Waals surface area contributed by atoms with E-state index in [4.69, 9.17) is 0 Å². The number of hydrogen-bond donors (Lipinski definition) is 1. The molecule has 6 nitrogen and oxygen atoms in total. The number of rotatable bonds is 10. The molecule has 0 aromatic heterocycles. The van der Waals surface area contributed by atoms with E-state index in [0.29, 0.717) is 18.4 Å². The largest absolute Gasteiger partial charge is 0.348 e. The molecule has 1 aromatic rings. The summed E-state index contributed by atoms with van der Waals surface area (Å²) in [6.07, 6.45) is 9.30. The molecule has 2 fully saturated rings. The summed E-state index contributed by atoms with van der Waals surface area (Å²) in [7, 11) is 1.72. The molecule has 1 saturated heterocycles. The second-order valence-corrected chi connectivity index (χ2v) is 11.9. The molecule has 0 unspecified atom stereocenters. The lowest BCUT2D eigenvalue weighted by atomic mass is 9.83. The van der Waals surface area contributed by atoms with E-state index in [-0.39, 0.29) is 17.7 Å². The van der Waals surface area contributed by atoms with Crippen LogP contribution in [0.5, 0.6) is 0 Å². The summed E-state index contributed by atoms with van der Waals surface area (Å²) < 4.78 is 0. The van der Waals surface area contributed by atoms with E-state index >= 15 is 0 Å². The molecule has 1 aromatic carbocycles. The Morgan fingerprint density at radius 2 is 1.69 bits per heavy atom. The zero-order valence-electron chi connectivity index (χ0n) is 22.2. The average molecular weight is 484 g/mol. The van der Waals surface area contributed by atoms with Crippen LogP contribution in [0.15, 0.2) is 30.3 Å². The Labute approximate surface area is 211 Å². The van der Waals surface area contributed by atoms with Crippen molar-refractivity contribution < 1.29 is 14.4 Å². The first-order valence-corrected chi connectivity index (χ1v) is 13.5. The highest BCUT2D eigenvalue weighted by atomic mass is 16.2. The van der Waals surface area contributed by atoms with Gasteiger partial charge in [0.05, 0.1) is 5.92 Å². The van der Waals surface area contributed by atoms with Gasteiger partial charge >= 0.3 is 0 Å². The summed E-state index contributed by atoms with van der Waals surface area (Å²) in [5.74, 6) is 0.741. The van der Waals surface area contributed by atoms with E-state index in [9.17, 15) is 14.4 Å². The molecule has 0 radical (unpaired) electrons. The first-order chi connectivity index (χ1) is 16.7. The quantitative estimate of drug-likeness (QED) is 0.505. The van der Waals surface area contributed by atoms with Crippen LogP contribution >= 0.6 is 0 Å². The number of carbonyl (C=O) groups is 3. The Bertz CT molecular complexity index is 821. The number of hydrogen-bond acceptors (Lipinski definition) is 3. The van der Waals surface area contributed by atoms with Gasteiger partial charge in [0.15, 0.2) is 0 Å². The lowest BCUT2D eigenvalue weighted by Gasteiger charge is -2.39. The van der Waals surface area contributed by atoms with Gasteiger partial charge in [0, 0.05) is 26.7 Å². The summed E-state index contributed by atoms with van der Waals surface area (Å²) in [5, 5.41) is 3.14. The molecule has 2 atom stereocenters. The summed E-state index contributed by atoms with van der Waals surface area (Å²) >= 11 is 0. The van der Waals surface area contributed by atoms with Gasteiger partial charge < -0.3 is 15.1 Å². The van der Waals surface area contributed by atoms with Gasteiger partial charge in [-0.05, 0) is 48.5 Å². The molecule has 2 aliphatic rings. The SMILES string of the molecule is CN(C=O)C[C@@H](CC1CCCC1)C(=O)N[C@H](C(=O)N1CCC(Cc2ccccc2)CC1)C(C)(C)C. The molecular weight excluding hydrogens is 438 g/mol. The highest BCUT2D eigenvalue weighted by Gasteiger charge is 2.38. The van der Waals surface area contributed by atoms with Crippen LogP contribution in [0.4, 0.5) is 0 Å². The van der Waals surface area contributed by atoms with Crippen LogP contribution in [-0.4, -0.2) is 60.7 Å². The fraction of sp³-hybridized carbons (Fsp3) is 0.690. The van der Waals surface area contributed by atoms with Crippen LogP contribution in [0.2, 0.25) is 0 Å². The molecule has 1 N–H and O–H groups in total. The Balaban J connectivity index is 1.62. The molecule has 3 rings (SSSR count). The average Bonchev–Trinajstić information content (AvgIpc) is 3.35. The first kappa shape index (κ1) is 27.2. The molecular formula is C29H45N3O3. The molecule has 0 spiro atoms. The predicted octanol–water partition coefficient (Wildman–Crippen LogP) is 4.28. The highest BCUT2D eigenvalue weighted by Crippen LogP contribution is 2.31. The molecule has 35 heavy (non-hydrogen) atoms. The molecule has 3 amide bonds. The molecule has 0 bridgehead atoms. The minimum Gasteiger partial charge on any atom is -0.348 e. The van der Waals surface area contributed by atoms with Crippen molar-refractivity contribution in [1.29, 1.82) is 0 Å². The lowest BCUT2D eigenvalue weighted by Crippen LogP contribution is -2.57. The fourth-order valence-corrected chi connectivity index (χ4v) is 5.70. The summed E-state index contributed by atoms with van der Waals surface area (Å²) in [4.78, 5) is 41.9. The van der Waals surface area contributed by atoms with E-state index in [0.717, 1.165) is 58.0 Å². The molecule has 1 heterocycles. The van der Waals surface area contributed by atoms with Crippen molar-refractivity contribution in [3.05, 3.63) is 35.9 Å². The molecule has 6 heteroatoms. The van der Waals surface area contributed by atoms with Crippen LogP contribution in [0, 0.1) is 23.2 Å². The summed E-state index contributed by atoms with van der Waals surface area (Å²) in [5.41, 5.74) is 0.952. The number of likely N-dealkylation sites (tertiary alicyclic amines) is 1. The summed E-state index contributed by atoms with van der Waals surface area (Å²) in [6, 6.07) is 9.98. The number of amides is 3. The zero-order chi connectivity index (χ0) is 25.4. The van der Waals surface area contributed by atoms with Crippen molar-refractivity contribution in [3.8, 4) is 0 Å². The third kappa shape index (κ3) is 8.08. The van der Waals surface area contributed by atoms with Crippen molar-refractivity contribution in [1.82, 2.24) is 15.1 Å². The van der Waals surface area contributed by atoms with Gasteiger partial charge in [-0.1, -0.05) is 76.8 Å². The maximum atomic E-state index is 13.6. The zero-order valence-corrected chi connectivity index (χ0v) is 22.2. The number of benzene rings is 1. The van der Waals surface area contributed by atoms with Gasteiger partial charge in [-0.2, -0.15) is 0 Å². The minimum absolute atomic E-state index is 0.0207. The maximum absolute atomic E-state index is 13.6. The fourth-order valence-electron chi connectivity index (χ4n) is 5.70. The molecule has 1 aliphatic carbocycles. The van der Waals surface area contributed by atoms with E-state index in [2.05, 4.69) is 29.6 Å². The standard InChI is InChI=1S/C29H45N3O3/c1-29(2,3)26(30-27(34)25(20-31(4)21-33)19-23-12-8-9-13-23)28(35)32-16-14-24(15-17-32)18-22-10-6-5-7-11-22/h5-7,10-11,21,23-26H,8-9,12-20H2,1-4H3,(H,30,34)/t25-,26-/m1/s1. The van der Waals surface area contributed by atoms with Gasteiger partial charge in [-0.25, -0.2) is 0 Å². The molecule has 194 valence electrons. The van der Waals surface area contributed by atoms with Crippen molar-refractivity contribution in [2.75, 3.05) is 26.7 Å². The highest BCUT2D eigenvalue weighted by molar-refractivity contribution is 5.89. The van der Waals surface area contributed by atoms with E-state index in [1.54, 1.807) is 11.9 Å². The van der Waals surface area contributed by atoms with Crippen molar-refractivity contribution in [2.24, 2.45) is 23.2 Å². The second-order valence-electron chi connectivity index (χ2n) is 11.9. The van der Waals surface area contributed by atoms with Gasteiger partial charge in [0.1, 0.15) is 6.04 Å². The van der Waals surface area contributed by atoms with Crippen LogP contribution in [0.25, 0.3) is 0 Å². The molecule has 1 aliphatic heterocycles. The van der Waals surface area contributed by atoms with Gasteiger partial charge in [-0.15, -0.1) is 0 Å². The van der Waals surface area contributed by atoms with Gasteiger partial charge in [0.2, 0.25) is 18.2 Å². The van der Waals surface area contributed by atoms with Gasteiger partial charge in [-0.3, -0.25) is 14.4 Å². The van der Waals surface area contributed by atoms with E-state index in [1.165, 1.54) is 18.4 Å². The number of nitrogens with zero attached hydrogens (tertiary/aromatic N) is 2. The van der Waals surface area contributed by atoms with Crippen LogP contribution in [-0.2, 0) is 20.8 Å². The monoisotopic (exact) mass is 483 g/mol. The topological polar surface area (TPSA) is 69.7 Å². The summed E-state index contributed by atoms with van der Waals surface area (Å²) in [6.45, 7) is 7.91. The van der Waals surface area contributed by atoms with Crippen molar-refractivity contribution in [3.63, 3.8) is 0 Å². The Morgan fingerprint density at radius 3 is 2.26 bits per heavy atom. The number of carbonyl (C=O) groups excluding carboxylic acids is 3. The Kier molecular flexibility index (Phi) is 9.76. The number of piperidine rings is 1. The predicted molar refractivity (Wildman–Crippen MR) is 140 cm³/mol. The van der Waals surface area contributed by atoms with Crippen molar-refractivity contribution in [2.45, 2.75) is 78.2 Å². The van der Waals surface area contributed by atoms with Crippen LogP contribution < -0.4 is 5.32 Å². The van der Waals surface area contributed by atoms with E-state index in [1.807, 2.05) is 31.7 Å². The third-order valence-corrected chi connectivity index (χ3v) is 7.84. The smallest absolute Gasteiger partial charge is 0.245 e. The van der Waals surface area contributed by atoms with Crippen LogP contribution in [0.1, 0.15) is 71.3 Å². The normalized spacial score (nSPS) is 19.3. The van der Waals surface area contributed by atoms with E-state index < -0.39 is 11.5 Å². The second kappa shape index (κ2) is 12.5. The van der Waals surface area contributed by atoms with Gasteiger partial charge in [0.25, 0.3) is 0 Å². The Morgan fingerprint density at radius 1 is 1.06 bits per heavy atom. The lowest BCUT2D eigenvalue weighted by molar-refractivity contribution is -0.142. The maximum Gasteiger partial charge on any atom is 0.245 e. The minimum atomic E-state index is -0.576.